The molecule has 2 nitrogen and oxygen atoms in total. The molecule has 0 fully saturated rings. The molecule has 0 heterocycles. The third-order valence-electron chi connectivity index (χ3n) is 1.87. The van der Waals surface area contributed by atoms with Gasteiger partial charge in [0, 0.05) is 11.1 Å². The van der Waals surface area contributed by atoms with Crippen LogP contribution in [0.15, 0.2) is 18.2 Å². The lowest BCUT2D eigenvalue weighted by Gasteiger charge is -2.10. The second-order valence-corrected chi connectivity index (χ2v) is 2.87. The molecule has 14 heavy (non-hydrogen) atoms. The van der Waals surface area contributed by atoms with Crippen molar-refractivity contribution in [2.24, 2.45) is 5.73 Å². The molecule has 1 aromatic rings. The van der Waals surface area contributed by atoms with Crippen molar-refractivity contribution in [3.05, 3.63) is 35.1 Å². The SMILES string of the molecule is N[C@@H](CO)c1ccc(C(F)F)cc1F. The average Bonchev–Trinajstić information content (AvgIpc) is 2.16. The number of alkyl halides is 2. The van der Waals surface area contributed by atoms with Gasteiger partial charge >= 0.3 is 0 Å². The van der Waals surface area contributed by atoms with Crippen LogP contribution in [0.3, 0.4) is 0 Å². The minimum Gasteiger partial charge on any atom is -0.394 e. The van der Waals surface area contributed by atoms with Gasteiger partial charge in [-0.05, 0) is 6.07 Å². The summed E-state index contributed by atoms with van der Waals surface area (Å²) in [6.07, 6.45) is -2.70. The first-order chi connectivity index (χ1) is 6.56. The maximum Gasteiger partial charge on any atom is 0.263 e. The standard InChI is InChI=1S/C9H10F3NO/c10-7-3-5(9(11)12)1-2-6(7)8(13)4-14/h1-3,8-9,14H,4,13H2/t8-/m0/s1. The van der Waals surface area contributed by atoms with Crippen molar-refractivity contribution in [2.45, 2.75) is 12.5 Å². The maximum absolute atomic E-state index is 13.1. The van der Waals surface area contributed by atoms with Gasteiger partial charge in [0.05, 0.1) is 12.6 Å². The van der Waals surface area contributed by atoms with Gasteiger partial charge in [0.2, 0.25) is 0 Å². The Morgan fingerprint density at radius 1 is 1.36 bits per heavy atom. The van der Waals surface area contributed by atoms with Crippen LogP contribution in [0.25, 0.3) is 0 Å². The van der Waals surface area contributed by atoms with Crippen LogP contribution >= 0.6 is 0 Å². The predicted octanol–water partition coefficient (Wildman–Crippen LogP) is 1.76. The second-order valence-electron chi connectivity index (χ2n) is 2.87. The Balaban J connectivity index is 3.01. The van der Waals surface area contributed by atoms with E-state index in [-0.39, 0.29) is 5.56 Å². The van der Waals surface area contributed by atoms with Gasteiger partial charge in [-0.3, -0.25) is 0 Å². The van der Waals surface area contributed by atoms with Gasteiger partial charge in [0.25, 0.3) is 6.43 Å². The van der Waals surface area contributed by atoms with Gasteiger partial charge in [-0.15, -0.1) is 0 Å². The Morgan fingerprint density at radius 3 is 2.43 bits per heavy atom. The number of benzene rings is 1. The monoisotopic (exact) mass is 205 g/mol. The van der Waals surface area contributed by atoms with Gasteiger partial charge in [0.1, 0.15) is 5.82 Å². The van der Waals surface area contributed by atoms with Crippen LogP contribution in [0.2, 0.25) is 0 Å². The molecule has 1 rings (SSSR count). The summed E-state index contributed by atoms with van der Waals surface area (Å²) in [5.74, 6) is -0.815. The minimum absolute atomic E-state index is 0.0388. The largest absolute Gasteiger partial charge is 0.394 e. The Morgan fingerprint density at radius 2 is 2.00 bits per heavy atom. The molecule has 0 saturated heterocycles. The highest BCUT2D eigenvalue weighted by atomic mass is 19.3. The van der Waals surface area contributed by atoms with E-state index in [1.807, 2.05) is 0 Å². The summed E-state index contributed by atoms with van der Waals surface area (Å²) in [6, 6.07) is 2.12. The molecule has 0 aliphatic carbocycles. The molecular formula is C9H10F3NO. The number of nitrogens with two attached hydrogens (primary N) is 1. The van der Waals surface area contributed by atoms with Crippen molar-refractivity contribution < 1.29 is 18.3 Å². The Bertz CT molecular complexity index is 317. The van der Waals surface area contributed by atoms with E-state index in [0.29, 0.717) is 0 Å². The van der Waals surface area contributed by atoms with Crippen molar-refractivity contribution >= 4 is 0 Å². The molecule has 3 N–H and O–H groups in total. The maximum atomic E-state index is 13.1. The molecule has 0 saturated carbocycles. The normalized spacial score (nSPS) is 13.3. The molecule has 1 aromatic carbocycles. The molecule has 0 amide bonds. The fourth-order valence-electron chi connectivity index (χ4n) is 1.08. The summed E-state index contributed by atoms with van der Waals surface area (Å²) >= 11 is 0. The summed E-state index contributed by atoms with van der Waals surface area (Å²) in [5, 5.41) is 8.65. The van der Waals surface area contributed by atoms with E-state index in [9.17, 15) is 13.2 Å². The zero-order valence-electron chi connectivity index (χ0n) is 7.25. The molecule has 0 unspecified atom stereocenters. The molecular weight excluding hydrogens is 195 g/mol. The first-order valence-electron chi connectivity index (χ1n) is 4.00. The summed E-state index contributed by atoms with van der Waals surface area (Å²) in [6.45, 7) is -0.426. The Labute approximate surface area is 79.2 Å². The molecule has 0 bridgehead atoms. The fraction of sp³-hybridized carbons (Fsp3) is 0.333. The number of rotatable bonds is 3. The predicted molar refractivity (Wildman–Crippen MR) is 45.4 cm³/mol. The van der Waals surface area contributed by atoms with E-state index in [1.165, 1.54) is 0 Å². The first kappa shape index (κ1) is 11.0. The molecule has 0 aliphatic heterocycles. The van der Waals surface area contributed by atoms with Crippen molar-refractivity contribution in [2.75, 3.05) is 6.61 Å². The van der Waals surface area contributed by atoms with Gasteiger partial charge in [-0.25, -0.2) is 13.2 Å². The van der Waals surface area contributed by atoms with Crippen molar-refractivity contribution in [3.63, 3.8) is 0 Å². The molecule has 78 valence electrons. The van der Waals surface area contributed by atoms with Crippen LogP contribution in [0.1, 0.15) is 23.6 Å². The van der Waals surface area contributed by atoms with Crippen molar-refractivity contribution in [1.82, 2.24) is 0 Å². The third kappa shape index (κ3) is 2.24. The van der Waals surface area contributed by atoms with Gasteiger partial charge in [-0.2, -0.15) is 0 Å². The van der Waals surface area contributed by atoms with Crippen molar-refractivity contribution in [1.29, 1.82) is 0 Å². The average molecular weight is 205 g/mol. The molecule has 0 spiro atoms. The fourth-order valence-corrected chi connectivity index (χ4v) is 1.08. The lowest BCUT2D eigenvalue weighted by Crippen LogP contribution is -2.16. The Kier molecular flexibility index (Phi) is 3.49. The van der Waals surface area contributed by atoms with E-state index in [4.69, 9.17) is 10.8 Å². The van der Waals surface area contributed by atoms with Gasteiger partial charge in [0.15, 0.2) is 0 Å². The number of hydrogen-bond donors (Lipinski definition) is 2. The number of aliphatic hydroxyl groups excluding tert-OH is 1. The quantitative estimate of drug-likeness (QED) is 0.789. The zero-order valence-corrected chi connectivity index (χ0v) is 7.25. The summed E-state index contributed by atoms with van der Waals surface area (Å²) < 4.78 is 37.4. The second kappa shape index (κ2) is 4.43. The molecule has 0 aliphatic rings. The number of aliphatic hydroxyl groups is 1. The van der Waals surface area contributed by atoms with Gasteiger partial charge < -0.3 is 10.8 Å². The smallest absolute Gasteiger partial charge is 0.263 e. The zero-order chi connectivity index (χ0) is 10.7. The van der Waals surface area contributed by atoms with Gasteiger partial charge in [-0.1, -0.05) is 12.1 Å². The molecule has 0 radical (unpaired) electrons. The Hall–Kier alpha value is -1.07. The highest BCUT2D eigenvalue weighted by Gasteiger charge is 2.14. The lowest BCUT2D eigenvalue weighted by atomic mass is 10.1. The van der Waals surface area contributed by atoms with Crippen LogP contribution in [0, 0.1) is 5.82 Å². The topological polar surface area (TPSA) is 46.2 Å². The first-order valence-corrected chi connectivity index (χ1v) is 4.00. The van der Waals surface area contributed by atoms with Crippen molar-refractivity contribution in [3.8, 4) is 0 Å². The van der Waals surface area contributed by atoms with E-state index in [2.05, 4.69) is 0 Å². The van der Waals surface area contributed by atoms with Crippen LogP contribution in [0.5, 0.6) is 0 Å². The van der Waals surface area contributed by atoms with Crippen LogP contribution < -0.4 is 5.73 Å². The van der Waals surface area contributed by atoms with Crippen LogP contribution in [-0.4, -0.2) is 11.7 Å². The minimum atomic E-state index is -2.70. The van der Waals surface area contributed by atoms with E-state index in [0.717, 1.165) is 18.2 Å². The number of halogens is 3. The lowest BCUT2D eigenvalue weighted by molar-refractivity contribution is 0.151. The summed E-state index contributed by atoms with van der Waals surface area (Å²) in [7, 11) is 0. The third-order valence-corrected chi connectivity index (χ3v) is 1.87. The van der Waals surface area contributed by atoms with Crippen LogP contribution in [-0.2, 0) is 0 Å². The molecule has 1 atom stereocenters. The van der Waals surface area contributed by atoms with Crippen LogP contribution in [0.4, 0.5) is 13.2 Å². The number of hydrogen-bond acceptors (Lipinski definition) is 2. The summed E-state index contributed by atoms with van der Waals surface area (Å²) in [5.41, 5.74) is 4.99. The molecule has 5 heteroatoms. The van der Waals surface area contributed by atoms with E-state index in [1.54, 1.807) is 0 Å². The highest BCUT2D eigenvalue weighted by Crippen LogP contribution is 2.23. The summed E-state index contributed by atoms with van der Waals surface area (Å²) in [4.78, 5) is 0. The van der Waals surface area contributed by atoms with E-state index < -0.39 is 30.5 Å². The highest BCUT2D eigenvalue weighted by molar-refractivity contribution is 5.27. The van der Waals surface area contributed by atoms with E-state index >= 15 is 0 Å². The molecule has 0 aromatic heterocycles.